The molecule has 0 bridgehead atoms. The molecule has 0 fully saturated rings. The standard InChI is InChI=1S/C19H23F3N6O3S/c1-19(2,9-24-32(3,30)31)10-28(17(21)22)16-13(20)8-23-18(27-16)25-12-5-4-11-6-15(29)26-14(11)7-12/h4-5,7-8,17,24H,6,9-10H2,1-3H3,(H,26,29)(H,23,25,27). The van der Waals surface area contributed by atoms with Crippen molar-refractivity contribution in [1.29, 1.82) is 0 Å². The van der Waals surface area contributed by atoms with Crippen LogP contribution in [-0.2, 0) is 21.2 Å². The Morgan fingerprint density at radius 1 is 1.31 bits per heavy atom. The van der Waals surface area contributed by atoms with Gasteiger partial charge < -0.3 is 10.6 Å². The number of anilines is 4. The van der Waals surface area contributed by atoms with E-state index in [-0.39, 0.29) is 31.4 Å². The third-order valence-electron chi connectivity index (χ3n) is 4.64. The topological polar surface area (TPSA) is 116 Å². The van der Waals surface area contributed by atoms with Gasteiger partial charge in [0.1, 0.15) is 0 Å². The number of carbonyl (C=O) groups excluding carboxylic acids is 1. The number of aromatic nitrogens is 2. The first-order valence-corrected chi connectivity index (χ1v) is 11.4. The van der Waals surface area contributed by atoms with Gasteiger partial charge in [0, 0.05) is 24.5 Å². The molecular formula is C19H23F3N6O3S. The molecule has 1 aliphatic rings. The van der Waals surface area contributed by atoms with E-state index < -0.39 is 33.6 Å². The monoisotopic (exact) mass is 472 g/mol. The Morgan fingerprint density at radius 3 is 2.69 bits per heavy atom. The highest BCUT2D eigenvalue weighted by Gasteiger charge is 2.30. The third kappa shape index (κ3) is 6.07. The first-order valence-electron chi connectivity index (χ1n) is 9.55. The Hall–Kier alpha value is -2.93. The lowest BCUT2D eigenvalue weighted by Gasteiger charge is -2.33. The number of nitrogens with zero attached hydrogens (tertiary/aromatic N) is 3. The van der Waals surface area contributed by atoms with Crippen LogP contribution in [0.1, 0.15) is 19.4 Å². The van der Waals surface area contributed by atoms with Crippen LogP contribution in [0.2, 0.25) is 0 Å². The maximum atomic E-state index is 14.4. The summed E-state index contributed by atoms with van der Waals surface area (Å²) in [5.41, 5.74) is 0.930. The minimum Gasteiger partial charge on any atom is -0.325 e. The summed E-state index contributed by atoms with van der Waals surface area (Å²) in [6.45, 7) is -0.478. The van der Waals surface area contributed by atoms with Crippen molar-refractivity contribution in [3.63, 3.8) is 0 Å². The first-order chi connectivity index (χ1) is 14.8. The Bertz CT molecular complexity index is 1130. The highest BCUT2D eigenvalue weighted by molar-refractivity contribution is 7.88. The van der Waals surface area contributed by atoms with Gasteiger partial charge in [-0.05, 0) is 23.1 Å². The number of benzene rings is 1. The van der Waals surface area contributed by atoms with Crippen LogP contribution in [-0.4, -0.2) is 50.2 Å². The molecule has 9 nitrogen and oxygen atoms in total. The molecule has 3 N–H and O–H groups in total. The van der Waals surface area contributed by atoms with Crippen molar-refractivity contribution in [3.8, 4) is 0 Å². The molecule has 1 aromatic carbocycles. The average molecular weight is 472 g/mol. The summed E-state index contributed by atoms with van der Waals surface area (Å²) >= 11 is 0. The van der Waals surface area contributed by atoms with Gasteiger partial charge in [0.05, 0.1) is 18.9 Å². The second-order valence-electron chi connectivity index (χ2n) is 8.25. The van der Waals surface area contributed by atoms with E-state index in [0.29, 0.717) is 16.3 Å². The number of fused-ring (bicyclic) bond motifs is 1. The minimum absolute atomic E-state index is 0.122. The van der Waals surface area contributed by atoms with E-state index in [0.717, 1.165) is 18.0 Å². The van der Waals surface area contributed by atoms with Gasteiger partial charge in [-0.1, -0.05) is 19.9 Å². The van der Waals surface area contributed by atoms with Crippen LogP contribution in [0.25, 0.3) is 0 Å². The number of hydrogen-bond donors (Lipinski definition) is 3. The van der Waals surface area contributed by atoms with Crippen molar-refractivity contribution in [1.82, 2.24) is 14.7 Å². The Morgan fingerprint density at radius 2 is 2.03 bits per heavy atom. The second-order valence-corrected chi connectivity index (χ2v) is 10.1. The molecule has 0 saturated heterocycles. The van der Waals surface area contributed by atoms with Gasteiger partial charge in [-0.25, -0.2) is 22.5 Å². The van der Waals surface area contributed by atoms with E-state index in [9.17, 15) is 26.4 Å². The van der Waals surface area contributed by atoms with Gasteiger partial charge in [0.15, 0.2) is 11.6 Å². The summed E-state index contributed by atoms with van der Waals surface area (Å²) in [4.78, 5) is 19.7. The predicted molar refractivity (Wildman–Crippen MR) is 114 cm³/mol. The van der Waals surface area contributed by atoms with Crippen molar-refractivity contribution in [2.45, 2.75) is 26.8 Å². The van der Waals surface area contributed by atoms with Crippen molar-refractivity contribution in [2.75, 3.05) is 34.9 Å². The van der Waals surface area contributed by atoms with E-state index in [1.165, 1.54) is 0 Å². The van der Waals surface area contributed by atoms with Crippen LogP contribution in [0.15, 0.2) is 24.4 Å². The molecule has 2 aromatic rings. The number of halogens is 3. The second kappa shape index (κ2) is 8.90. The van der Waals surface area contributed by atoms with Gasteiger partial charge in [-0.15, -0.1) is 0 Å². The third-order valence-corrected chi connectivity index (χ3v) is 5.30. The quantitative estimate of drug-likeness (QED) is 0.480. The number of sulfonamides is 1. The van der Waals surface area contributed by atoms with Crippen molar-refractivity contribution >= 4 is 39.1 Å². The lowest BCUT2D eigenvalue weighted by atomic mass is 9.93. The van der Waals surface area contributed by atoms with Crippen LogP contribution in [0.4, 0.5) is 36.3 Å². The lowest BCUT2D eigenvalue weighted by Crippen LogP contribution is -2.44. The van der Waals surface area contributed by atoms with E-state index in [1.54, 1.807) is 32.0 Å². The van der Waals surface area contributed by atoms with Crippen LogP contribution in [0.5, 0.6) is 0 Å². The van der Waals surface area contributed by atoms with Crippen LogP contribution in [0.3, 0.4) is 0 Å². The maximum absolute atomic E-state index is 14.4. The smallest absolute Gasteiger partial charge is 0.316 e. The molecule has 0 atom stereocenters. The van der Waals surface area contributed by atoms with E-state index in [4.69, 9.17) is 0 Å². The van der Waals surface area contributed by atoms with Gasteiger partial charge >= 0.3 is 6.55 Å². The highest BCUT2D eigenvalue weighted by Crippen LogP contribution is 2.29. The molecule has 0 spiro atoms. The summed E-state index contributed by atoms with van der Waals surface area (Å²) in [6, 6.07) is 5.02. The summed E-state index contributed by atoms with van der Waals surface area (Å²) in [5, 5.41) is 5.50. The number of alkyl halides is 2. The zero-order valence-corrected chi connectivity index (χ0v) is 18.4. The summed E-state index contributed by atoms with van der Waals surface area (Å²) < 4.78 is 67.0. The van der Waals surface area contributed by atoms with E-state index >= 15 is 0 Å². The lowest BCUT2D eigenvalue weighted by molar-refractivity contribution is -0.115. The largest absolute Gasteiger partial charge is 0.325 e. The maximum Gasteiger partial charge on any atom is 0.316 e. The van der Waals surface area contributed by atoms with Crippen molar-refractivity contribution in [2.24, 2.45) is 5.41 Å². The zero-order valence-electron chi connectivity index (χ0n) is 17.6. The van der Waals surface area contributed by atoms with Crippen molar-refractivity contribution in [3.05, 3.63) is 35.8 Å². The minimum atomic E-state index is -3.53. The fourth-order valence-electron chi connectivity index (χ4n) is 3.12. The number of nitrogens with one attached hydrogen (secondary N) is 3. The normalized spacial score (nSPS) is 13.8. The van der Waals surface area contributed by atoms with Gasteiger partial charge in [-0.3, -0.25) is 9.69 Å². The first kappa shape index (κ1) is 23.7. The van der Waals surface area contributed by atoms with Crippen LogP contribution >= 0.6 is 0 Å². The number of rotatable bonds is 9. The SMILES string of the molecule is CC(C)(CNS(C)(=O)=O)CN(c1nc(Nc2ccc3c(c2)NC(=O)C3)ncc1F)C(F)F. The highest BCUT2D eigenvalue weighted by atomic mass is 32.2. The van der Waals surface area contributed by atoms with E-state index in [1.807, 2.05) is 0 Å². The van der Waals surface area contributed by atoms with Crippen molar-refractivity contribution < 1.29 is 26.4 Å². The van der Waals surface area contributed by atoms with E-state index in [2.05, 4.69) is 25.3 Å². The molecule has 1 amide bonds. The molecule has 0 radical (unpaired) electrons. The van der Waals surface area contributed by atoms with Gasteiger partial charge in [0.2, 0.25) is 21.9 Å². The molecular weight excluding hydrogens is 449 g/mol. The number of carbonyl (C=O) groups is 1. The molecule has 2 heterocycles. The van der Waals surface area contributed by atoms with Gasteiger partial charge in [0.25, 0.3) is 0 Å². The molecule has 3 rings (SSSR count). The molecule has 0 aliphatic carbocycles. The Labute approximate surface area is 183 Å². The molecule has 0 unspecified atom stereocenters. The molecule has 0 saturated carbocycles. The Kier molecular flexibility index (Phi) is 6.60. The average Bonchev–Trinajstić information content (AvgIpc) is 3.05. The number of hydrogen-bond acceptors (Lipinski definition) is 7. The summed E-state index contributed by atoms with van der Waals surface area (Å²) in [5.74, 6) is -1.94. The molecule has 1 aliphatic heterocycles. The molecule has 32 heavy (non-hydrogen) atoms. The zero-order chi connectivity index (χ0) is 23.7. The Balaban J connectivity index is 1.82. The summed E-state index contributed by atoms with van der Waals surface area (Å²) in [6.07, 6.45) is 2.00. The molecule has 13 heteroatoms. The van der Waals surface area contributed by atoms with Crippen LogP contribution in [0, 0.1) is 11.2 Å². The fourth-order valence-corrected chi connectivity index (χ4v) is 3.77. The molecule has 174 valence electrons. The van der Waals surface area contributed by atoms with Crippen LogP contribution < -0.4 is 20.3 Å². The van der Waals surface area contributed by atoms with Gasteiger partial charge in [-0.2, -0.15) is 13.8 Å². The fraction of sp³-hybridized carbons (Fsp3) is 0.421. The number of amides is 1. The molecule has 1 aromatic heterocycles. The predicted octanol–water partition coefficient (Wildman–Crippen LogP) is 2.46. The summed E-state index contributed by atoms with van der Waals surface area (Å²) in [7, 11) is -3.53.